The summed E-state index contributed by atoms with van der Waals surface area (Å²) < 4.78 is 11.7. The minimum Gasteiger partial charge on any atom is -0.458 e. The van der Waals surface area contributed by atoms with E-state index in [4.69, 9.17) is 9.47 Å². The smallest absolute Gasteiger partial charge is 0.309 e. The lowest BCUT2D eigenvalue weighted by Crippen LogP contribution is -2.31. The summed E-state index contributed by atoms with van der Waals surface area (Å²) in [6.45, 7) is 8.16. The third-order valence-corrected chi connectivity index (χ3v) is 8.08. The van der Waals surface area contributed by atoms with E-state index < -0.39 is 12.2 Å². The molecule has 35 heavy (non-hydrogen) atoms. The third-order valence-electron chi connectivity index (χ3n) is 8.08. The van der Waals surface area contributed by atoms with Gasteiger partial charge in [-0.15, -0.1) is 0 Å². The molecule has 1 amide bonds. The molecule has 1 saturated heterocycles. The SMILES string of the molecule is CCC1(OC)CCC(CC)(CC)C(/C=C/[C@@H]2C[C@@H](O)CC(=O)O2)=C(c2cccc(NC(C)=O)c2)C1. The second-order valence-corrected chi connectivity index (χ2v) is 10.0. The summed E-state index contributed by atoms with van der Waals surface area (Å²) in [7, 11) is 1.80. The van der Waals surface area contributed by atoms with E-state index in [0.29, 0.717) is 6.42 Å². The number of ether oxygens (including phenoxy) is 2. The first-order valence-electron chi connectivity index (χ1n) is 12.9. The Balaban J connectivity index is 2.19. The van der Waals surface area contributed by atoms with Crippen LogP contribution in [0.25, 0.3) is 5.57 Å². The summed E-state index contributed by atoms with van der Waals surface area (Å²) >= 11 is 0. The highest BCUT2D eigenvalue weighted by molar-refractivity contribution is 5.89. The molecule has 192 valence electrons. The first kappa shape index (κ1) is 27.2. The van der Waals surface area contributed by atoms with Gasteiger partial charge in [-0.05, 0) is 72.4 Å². The number of anilines is 1. The van der Waals surface area contributed by atoms with Crippen LogP contribution in [0.1, 0.15) is 84.6 Å². The van der Waals surface area contributed by atoms with Crippen molar-refractivity contribution in [3.63, 3.8) is 0 Å². The number of aliphatic hydroxyl groups is 1. The zero-order chi connectivity index (χ0) is 25.6. The molecule has 0 aromatic heterocycles. The van der Waals surface area contributed by atoms with Crippen LogP contribution in [-0.4, -0.2) is 41.9 Å². The maximum Gasteiger partial charge on any atom is 0.309 e. The molecule has 2 N–H and O–H groups in total. The second kappa shape index (κ2) is 11.5. The van der Waals surface area contributed by atoms with Crippen molar-refractivity contribution in [3.05, 3.63) is 47.6 Å². The summed E-state index contributed by atoms with van der Waals surface area (Å²) in [5.74, 6) is -0.468. The number of amides is 1. The number of allylic oxidation sites excluding steroid dienone is 2. The number of carbonyl (C=O) groups is 2. The Bertz CT molecular complexity index is 971. The molecule has 1 fully saturated rings. The Morgan fingerprint density at radius 3 is 2.57 bits per heavy atom. The van der Waals surface area contributed by atoms with Crippen molar-refractivity contribution in [3.8, 4) is 0 Å². The molecule has 0 spiro atoms. The topological polar surface area (TPSA) is 84.9 Å². The van der Waals surface area contributed by atoms with Crippen LogP contribution in [-0.2, 0) is 19.1 Å². The number of aliphatic hydroxyl groups excluding tert-OH is 1. The molecule has 1 unspecified atom stereocenters. The Labute approximate surface area is 209 Å². The van der Waals surface area contributed by atoms with Gasteiger partial charge >= 0.3 is 5.97 Å². The fraction of sp³-hybridized carbons (Fsp3) is 0.586. The molecule has 0 saturated carbocycles. The Kier molecular flexibility index (Phi) is 8.94. The largest absolute Gasteiger partial charge is 0.458 e. The quantitative estimate of drug-likeness (QED) is 0.456. The van der Waals surface area contributed by atoms with E-state index in [1.807, 2.05) is 24.3 Å². The van der Waals surface area contributed by atoms with Gasteiger partial charge in [-0.2, -0.15) is 0 Å². The summed E-state index contributed by atoms with van der Waals surface area (Å²) in [6, 6.07) is 8.00. The first-order valence-corrected chi connectivity index (χ1v) is 12.9. The molecular formula is C29H41NO5. The number of cyclic esters (lactones) is 1. The van der Waals surface area contributed by atoms with E-state index in [-0.39, 0.29) is 29.3 Å². The van der Waals surface area contributed by atoms with Crippen LogP contribution in [0.2, 0.25) is 0 Å². The molecule has 3 atom stereocenters. The Morgan fingerprint density at radius 1 is 1.23 bits per heavy atom. The minimum atomic E-state index is -0.675. The van der Waals surface area contributed by atoms with E-state index in [0.717, 1.165) is 49.8 Å². The van der Waals surface area contributed by atoms with Crippen molar-refractivity contribution >= 4 is 23.1 Å². The molecule has 2 aliphatic rings. The third kappa shape index (κ3) is 6.22. The molecule has 0 radical (unpaired) electrons. The van der Waals surface area contributed by atoms with Gasteiger partial charge in [-0.25, -0.2) is 0 Å². The predicted molar refractivity (Wildman–Crippen MR) is 139 cm³/mol. The molecule has 1 aliphatic carbocycles. The van der Waals surface area contributed by atoms with Gasteiger partial charge in [0.2, 0.25) is 5.91 Å². The Morgan fingerprint density at radius 2 is 1.97 bits per heavy atom. The van der Waals surface area contributed by atoms with Crippen molar-refractivity contribution in [2.45, 2.75) is 96.9 Å². The lowest BCUT2D eigenvalue weighted by molar-refractivity contribution is -0.156. The normalized spacial score (nSPS) is 27.0. The van der Waals surface area contributed by atoms with Gasteiger partial charge in [0.05, 0.1) is 18.1 Å². The summed E-state index contributed by atoms with van der Waals surface area (Å²) in [6.07, 6.45) is 8.93. The van der Waals surface area contributed by atoms with Gasteiger partial charge in [-0.3, -0.25) is 9.59 Å². The number of hydrogen-bond acceptors (Lipinski definition) is 5. The van der Waals surface area contributed by atoms with Crippen LogP contribution in [0.4, 0.5) is 5.69 Å². The molecule has 1 heterocycles. The maximum absolute atomic E-state index is 11.9. The van der Waals surface area contributed by atoms with Crippen molar-refractivity contribution < 1.29 is 24.2 Å². The number of hydrogen-bond donors (Lipinski definition) is 2. The molecule has 3 rings (SSSR count). The number of esters is 1. The monoisotopic (exact) mass is 483 g/mol. The standard InChI is InChI=1S/C29H41NO5/c1-6-28(7-2)14-15-29(8-3,34-5)19-25(21-10-9-11-22(16-21)30-20(4)31)26(28)13-12-24-17-23(32)18-27(33)35-24/h9-13,16,23-24,32H,6-8,14-15,17-19H2,1-5H3,(H,30,31)/b13-12+/t23-,24-,29?/m1/s1. The molecular weight excluding hydrogens is 442 g/mol. The van der Waals surface area contributed by atoms with E-state index in [1.165, 1.54) is 18.1 Å². The molecule has 1 aliphatic heterocycles. The Hall–Kier alpha value is -2.44. The average molecular weight is 484 g/mol. The second-order valence-electron chi connectivity index (χ2n) is 10.0. The predicted octanol–water partition coefficient (Wildman–Crippen LogP) is 5.81. The number of methoxy groups -OCH3 is 1. The minimum absolute atomic E-state index is 0.0505. The van der Waals surface area contributed by atoms with Crippen molar-refractivity contribution in [2.75, 3.05) is 12.4 Å². The fourth-order valence-corrected chi connectivity index (χ4v) is 5.69. The highest BCUT2D eigenvalue weighted by Crippen LogP contribution is 2.52. The highest BCUT2D eigenvalue weighted by Gasteiger charge is 2.41. The van der Waals surface area contributed by atoms with Crippen molar-refractivity contribution in [2.24, 2.45) is 5.41 Å². The summed E-state index contributed by atoms with van der Waals surface area (Å²) in [5.41, 5.74) is 3.89. The van der Waals surface area contributed by atoms with Gasteiger partial charge in [0, 0.05) is 32.6 Å². The zero-order valence-electron chi connectivity index (χ0n) is 21.9. The zero-order valence-corrected chi connectivity index (χ0v) is 21.9. The molecule has 0 bridgehead atoms. The van der Waals surface area contributed by atoms with E-state index in [1.54, 1.807) is 7.11 Å². The van der Waals surface area contributed by atoms with Crippen LogP contribution >= 0.6 is 0 Å². The van der Waals surface area contributed by atoms with E-state index in [2.05, 4.69) is 38.2 Å². The number of carbonyl (C=O) groups excluding carboxylic acids is 2. The average Bonchev–Trinajstić information content (AvgIpc) is 2.97. The van der Waals surface area contributed by atoms with Crippen LogP contribution < -0.4 is 5.32 Å². The van der Waals surface area contributed by atoms with Crippen LogP contribution in [0, 0.1) is 5.41 Å². The van der Waals surface area contributed by atoms with E-state index >= 15 is 0 Å². The lowest BCUT2D eigenvalue weighted by Gasteiger charge is -2.35. The number of benzene rings is 1. The van der Waals surface area contributed by atoms with Gasteiger partial charge in [-0.1, -0.05) is 39.0 Å². The highest BCUT2D eigenvalue weighted by atomic mass is 16.5. The lowest BCUT2D eigenvalue weighted by atomic mass is 9.70. The molecule has 6 heteroatoms. The number of rotatable bonds is 8. The molecule has 1 aromatic carbocycles. The fourth-order valence-electron chi connectivity index (χ4n) is 5.69. The van der Waals surface area contributed by atoms with Gasteiger partial charge < -0.3 is 19.9 Å². The molecule has 1 aromatic rings. The van der Waals surface area contributed by atoms with Gasteiger partial charge in [0.1, 0.15) is 6.10 Å². The van der Waals surface area contributed by atoms with Crippen LogP contribution in [0.3, 0.4) is 0 Å². The van der Waals surface area contributed by atoms with Crippen molar-refractivity contribution in [1.82, 2.24) is 0 Å². The maximum atomic E-state index is 11.9. The van der Waals surface area contributed by atoms with E-state index in [9.17, 15) is 14.7 Å². The van der Waals surface area contributed by atoms with Crippen molar-refractivity contribution in [1.29, 1.82) is 0 Å². The first-order chi connectivity index (χ1) is 16.7. The van der Waals surface area contributed by atoms with Crippen LogP contribution in [0.5, 0.6) is 0 Å². The number of nitrogens with one attached hydrogen (secondary N) is 1. The molecule has 6 nitrogen and oxygen atoms in total. The summed E-state index contributed by atoms with van der Waals surface area (Å²) in [4.78, 5) is 23.7. The van der Waals surface area contributed by atoms with Crippen LogP contribution in [0.15, 0.2) is 42.0 Å². The van der Waals surface area contributed by atoms with Gasteiger partial charge in [0.25, 0.3) is 0 Å². The van der Waals surface area contributed by atoms with Gasteiger partial charge in [0.15, 0.2) is 0 Å². The summed E-state index contributed by atoms with van der Waals surface area (Å²) in [5, 5.41) is 13.0.